The first-order chi connectivity index (χ1) is 7.40. The average molecular weight is 220 g/mol. The summed E-state index contributed by atoms with van der Waals surface area (Å²) in [6.45, 7) is 0. The van der Waals surface area contributed by atoms with Crippen LogP contribution >= 0.6 is 11.6 Å². The van der Waals surface area contributed by atoms with E-state index in [9.17, 15) is 0 Å². The predicted molar refractivity (Wildman–Crippen MR) is 60.3 cm³/mol. The van der Waals surface area contributed by atoms with Crippen LogP contribution in [-0.2, 0) is 5.88 Å². The maximum atomic E-state index is 5.78. The highest BCUT2D eigenvalue weighted by Crippen LogP contribution is 2.24. The zero-order chi connectivity index (χ0) is 10.5. The molecule has 0 bridgehead atoms. The van der Waals surface area contributed by atoms with Gasteiger partial charge in [-0.1, -0.05) is 18.2 Å². The van der Waals surface area contributed by atoms with Crippen molar-refractivity contribution >= 4 is 11.6 Å². The Morgan fingerprint density at radius 1 is 1.13 bits per heavy atom. The number of halogens is 1. The van der Waals surface area contributed by atoms with Crippen LogP contribution in [-0.4, -0.2) is 4.98 Å². The second-order valence-electron chi connectivity index (χ2n) is 3.03. The normalized spacial score (nSPS) is 9.93. The van der Waals surface area contributed by atoms with Gasteiger partial charge in [0.2, 0.25) is 0 Å². The Morgan fingerprint density at radius 3 is 2.67 bits per heavy atom. The van der Waals surface area contributed by atoms with Crippen LogP contribution in [0.1, 0.15) is 5.56 Å². The van der Waals surface area contributed by atoms with Gasteiger partial charge < -0.3 is 4.74 Å². The molecule has 2 rings (SSSR count). The summed E-state index contributed by atoms with van der Waals surface area (Å²) in [5, 5.41) is 0. The lowest BCUT2D eigenvalue weighted by atomic mass is 10.3. The summed E-state index contributed by atoms with van der Waals surface area (Å²) in [5.41, 5.74) is 0.892. The van der Waals surface area contributed by atoms with E-state index in [-0.39, 0.29) is 0 Å². The fourth-order valence-corrected chi connectivity index (χ4v) is 1.43. The smallest absolute Gasteiger partial charge is 0.134 e. The summed E-state index contributed by atoms with van der Waals surface area (Å²) in [6.07, 6.45) is 3.40. The van der Waals surface area contributed by atoms with Crippen LogP contribution in [0.15, 0.2) is 48.8 Å². The van der Waals surface area contributed by atoms with Crippen molar-refractivity contribution in [3.8, 4) is 11.5 Å². The first-order valence-corrected chi connectivity index (χ1v) is 5.15. The third-order valence-electron chi connectivity index (χ3n) is 1.97. The summed E-state index contributed by atoms with van der Waals surface area (Å²) < 4.78 is 5.68. The van der Waals surface area contributed by atoms with Crippen LogP contribution in [0, 0.1) is 0 Å². The fourth-order valence-electron chi connectivity index (χ4n) is 1.23. The highest BCUT2D eigenvalue weighted by atomic mass is 35.5. The molecule has 1 heterocycles. The highest BCUT2D eigenvalue weighted by molar-refractivity contribution is 6.17. The van der Waals surface area contributed by atoms with E-state index in [0.717, 1.165) is 17.1 Å². The summed E-state index contributed by atoms with van der Waals surface area (Å²) in [7, 11) is 0. The molecule has 0 N–H and O–H groups in total. The van der Waals surface area contributed by atoms with Crippen molar-refractivity contribution in [1.29, 1.82) is 0 Å². The minimum atomic E-state index is 0.399. The van der Waals surface area contributed by atoms with Gasteiger partial charge >= 0.3 is 0 Å². The summed E-state index contributed by atoms with van der Waals surface area (Å²) >= 11 is 5.78. The monoisotopic (exact) mass is 219 g/mol. The number of hydrogen-bond acceptors (Lipinski definition) is 2. The van der Waals surface area contributed by atoms with Crippen molar-refractivity contribution in [2.24, 2.45) is 0 Å². The van der Waals surface area contributed by atoms with Gasteiger partial charge in [0, 0.05) is 18.0 Å². The van der Waals surface area contributed by atoms with Crippen molar-refractivity contribution in [2.45, 2.75) is 5.88 Å². The van der Waals surface area contributed by atoms with Gasteiger partial charge in [-0.15, -0.1) is 11.6 Å². The highest BCUT2D eigenvalue weighted by Gasteiger charge is 2.02. The second-order valence-corrected chi connectivity index (χ2v) is 3.30. The average Bonchev–Trinajstić information content (AvgIpc) is 2.31. The second kappa shape index (κ2) is 4.80. The SMILES string of the molecule is ClCc1cnccc1Oc1ccccc1. The summed E-state index contributed by atoms with van der Waals surface area (Å²) in [4.78, 5) is 3.99. The van der Waals surface area contributed by atoms with E-state index in [4.69, 9.17) is 16.3 Å². The van der Waals surface area contributed by atoms with Gasteiger partial charge in [0.1, 0.15) is 11.5 Å². The predicted octanol–water partition coefficient (Wildman–Crippen LogP) is 3.61. The third-order valence-corrected chi connectivity index (χ3v) is 2.26. The number of ether oxygens (including phenoxy) is 1. The lowest BCUT2D eigenvalue weighted by Crippen LogP contribution is -1.89. The van der Waals surface area contributed by atoms with E-state index < -0.39 is 0 Å². The first-order valence-electron chi connectivity index (χ1n) is 4.62. The molecule has 0 saturated heterocycles. The molecule has 3 heteroatoms. The van der Waals surface area contributed by atoms with Crippen molar-refractivity contribution in [3.05, 3.63) is 54.4 Å². The molecule has 1 aromatic carbocycles. The lowest BCUT2D eigenvalue weighted by Gasteiger charge is -2.08. The van der Waals surface area contributed by atoms with E-state index in [0.29, 0.717) is 5.88 Å². The molecule has 15 heavy (non-hydrogen) atoms. The van der Waals surface area contributed by atoms with Crippen LogP contribution in [0.25, 0.3) is 0 Å². The quantitative estimate of drug-likeness (QED) is 0.736. The molecule has 0 fully saturated rings. The largest absolute Gasteiger partial charge is 0.457 e. The molecule has 0 saturated carbocycles. The zero-order valence-corrected chi connectivity index (χ0v) is 8.82. The van der Waals surface area contributed by atoms with E-state index in [1.165, 1.54) is 0 Å². The molecule has 0 radical (unpaired) electrons. The maximum Gasteiger partial charge on any atom is 0.134 e. The fraction of sp³-hybridized carbons (Fsp3) is 0.0833. The van der Waals surface area contributed by atoms with E-state index in [2.05, 4.69) is 4.98 Å². The molecule has 0 atom stereocenters. The van der Waals surface area contributed by atoms with Gasteiger partial charge in [-0.25, -0.2) is 0 Å². The Labute approximate surface area is 93.5 Å². The van der Waals surface area contributed by atoms with Gasteiger partial charge in [0.15, 0.2) is 0 Å². The number of pyridine rings is 1. The van der Waals surface area contributed by atoms with Gasteiger partial charge in [-0.2, -0.15) is 0 Å². The molecule has 2 aromatic rings. The molecule has 0 aliphatic rings. The van der Waals surface area contributed by atoms with Crippen LogP contribution < -0.4 is 4.74 Å². The van der Waals surface area contributed by atoms with E-state index >= 15 is 0 Å². The van der Waals surface area contributed by atoms with E-state index in [1.807, 2.05) is 36.4 Å². The van der Waals surface area contributed by atoms with Crippen LogP contribution in [0.4, 0.5) is 0 Å². The standard InChI is InChI=1S/C12H10ClNO/c13-8-10-9-14-7-6-12(10)15-11-4-2-1-3-5-11/h1-7,9H,8H2. The number of rotatable bonds is 3. The Bertz CT molecular complexity index is 431. The minimum Gasteiger partial charge on any atom is -0.457 e. The number of benzene rings is 1. The number of para-hydroxylation sites is 1. The molecule has 1 aromatic heterocycles. The number of nitrogens with zero attached hydrogens (tertiary/aromatic N) is 1. The number of hydrogen-bond donors (Lipinski definition) is 0. The van der Waals surface area contributed by atoms with Gasteiger partial charge in [-0.05, 0) is 18.2 Å². The van der Waals surface area contributed by atoms with Gasteiger partial charge in [-0.3, -0.25) is 4.98 Å². The molecular weight excluding hydrogens is 210 g/mol. The van der Waals surface area contributed by atoms with E-state index in [1.54, 1.807) is 12.4 Å². The van der Waals surface area contributed by atoms with Crippen LogP contribution in [0.3, 0.4) is 0 Å². The molecular formula is C12H10ClNO. The van der Waals surface area contributed by atoms with Crippen LogP contribution in [0.5, 0.6) is 11.5 Å². The molecule has 0 unspecified atom stereocenters. The van der Waals surface area contributed by atoms with Gasteiger partial charge in [0.05, 0.1) is 5.88 Å². The van der Waals surface area contributed by atoms with Crippen molar-refractivity contribution in [3.63, 3.8) is 0 Å². The lowest BCUT2D eigenvalue weighted by molar-refractivity contribution is 0.477. The first kappa shape index (κ1) is 9.99. The zero-order valence-electron chi connectivity index (χ0n) is 8.06. The Morgan fingerprint density at radius 2 is 1.93 bits per heavy atom. The molecule has 76 valence electrons. The summed E-state index contributed by atoms with van der Waals surface area (Å²) in [5.74, 6) is 1.96. The molecule has 0 aliphatic heterocycles. The van der Waals surface area contributed by atoms with Crippen molar-refractivity contribution < 1.29 is 4.74 Å². The van der Waals surface area contributed by atoms with Crippen molar-refractivity contribution in [1.82, 2.24) is 4.98 Å². The molecule has 0 spiro atoms. The molecule has 0 aliphatic carbocycles. The van der Waals surface area contributed by atoms with Gasteiger partial charge in [0.25, 0.3) is 0 Å². The summed E-state index contributed by atoms with van der Waals surface area (Å²) in [6, 6.07) is 11.4. The Balaban J connectivity index is 2.24. The maximum absolute atomic E-state index is 5.78. The number of aromatic nitrogens is 1. The third kappa shape index (κ3) is 2.48. The minimum absolute atomic E-state index is 0.399. The molecule has 2 nitrogen and oxygen atoms in total. The number of alkyl halides is 1. The topological polar surface area (TPSA) is 22.1 Å². The Kier molecular flexibility index (Phi) is 3.20. The molecule has 0 amide bonds. The van der Waals surface area contributed by atoms with Crippen molar-refractivity contribution in [2.75, 3.05) is 0 Å². The Hall–Kier alpha value is -1.54. The van der Waals surface area contributed by atoms with Crippen LogP contribution in [0.2, 0.25) is 0 Å².